The third kappa shape index (κ3) is 5.47. The lowest BCUT2D eigenvalue weighted by Crippen LogP contribution is -2.21. The van der Waals surface area contributed by atoms with Crippen molar-refractivity contribution in [2.75, 3.05) is 0 Å². The van der Waals surface area contributed by atoms with E-state index in [1.807, 2.05) is 6.92 Å². The summed E-state index contributed by atoms with van der Waals surface area (Å²) in [5, 5.41) is 9.18. The van der Waals surface area contributed by atoms with Gasteiger partial charge >= 0.3 is 0 Å². The number of hydrogen-bond donors (Lipinski definition) is 1. The fourth-order valence-electron chi connectivity index (χ4n) is 0.936. The van der Waals surface area contributed by atoms with E-state index in [0.29, 0.717) is 9.34 Å². The van der Waals surface area contributed by atoms with Crippen molar-refractivity contribution >= 4 is 22.6 Å². The van der Waals surface area contributed by atoms with Gasteiger partial charge < -0.3 is 5.11 Å². The largest absolute Gasteiger partial charge is 0.393 e. The first kappa shape index (κ1) is 10.7. The summed E-state index contributed by atoms with van der Waals surface area (Å²) in [5.41, 5.74) is 0. The highest BCUT2D eigenvalue weighted by atomic mass is 127. The molecule has 0 spiro atoms. The van der Waals surface area contributed by atoms with Gasteiger partial charge in [-0.1, -0.05) is 43.4 Å². The van der Waals surface area contributed by atoms with Gasteiger partial charge in [0.2, 0.25) is 0 Å². The van der Waals surface area contributed by atoms with Crippen LogP contribution in [0.3, 0.4) is 0 Å². The van der Waals surface area contributed by atoms with Crippen LogP contribution in [-0.2, 0) is 0 Å². The Bertz CT molecular complexity index is 93.9. The van der Waals surface area contributed by atoms with E-state index in [4.69, 9.17) is 0 Å². The van der Waals surface area contributed by atoms with Crippen molar-refractivity contribution in [2.45, 2.75) is 43.6 Å². The fraction of sp³-hybridized carbons (Fsp3) is 1.00. The molecular formula is C8H17IO. The molecule has 1 N–H and O–H groups in total. The molecule has 2 atom stereocenters. The van der Waals surface area contributed by atoms with Gasteiger partial charge in [0.05, 0.1) is 6.10 Å². The molecule has 0 aliphatic heterocycles. The SMILES string of the molecule is CC(O)C(C)CC(C)(C)I. The number of aliphatic hydroxyl groups is 1. The van der Waals surface area contributed by atoms with E-state index in [0.717, 1.165) is 6.42 Å². The van der Waals surface area contributed by atoms with Crippen LogP contribution in [0.15, 0.2) is 0 Å². The monoisotopic (exact) mass is 256 g/mol. The average Bonchev–Trinajstić information content (AvgIpc) is 1.60. The molecule has 0 aliphatic rings. The van der Waals surface area contributed by atoms with Gasteiger partial charge in [0.1, 0.15) is 0 Å². The zero-order chi connectivity index (χ0) is 8.36. The van der Waals surface area contributed by atoms with Gasteiger partial charge in [-0.15, -0.1) is 0 Å². The summed E-state index contributed by atoms with van der Waals surface area (Å²) in [6.45, 7) is 8.32. The maximum Gasteiger partial charge on any atom is 0.0538 e. The first-order valence-electron chi connectivity index (χ1n) is 3.70. The number of aliphatic hydroxyl groups excluding tert-OH is 1. The molecule has 0 radical (unpaired) electrons. The van der Waals surface area contributed by atoms with E-state index in [1.54, 1.807) is 0 Å². The average molecular weight is 256 g/mol. The Morgan fingerprint density at radius 2 is 1.80 bits per heavy atom. The molecular weight excluding hydrogens is 239 g/mol. The summed E-state index contributed by atoms with van der Waals surface area (Å²) in [4.78, 5) is 0. The maximum absolute atomic E-state index is 9.18. The molecule has 2 heteroatoms. The molecule has 0 saturated heterocycles. The van der Waals surface area contributed by atoms with Crippen molar-refractivity contribution in [2.24, 2.45) is 5.92 Å². The summed E-state index contributed by atoms with van der Waals surface area (Å²) < 4.78 is 0.314. The van der Waals surface area contributed by atoms with Gasteiger partial charge in [0.25, 0.3) is 0 Å². The molecule has 10 heavy (non-hydrogen) atoms. The molecule has 0 amide bonds. The zero-order valence-electron chi connectivity index (χ0n) is 7.19. The first-order valence-corrected chi connectivity index (χ1v) is 4.78. The lowest BCUT2D eigenvalue weighted by atomic mass is 9.95. The molecule has 1 nitrogen and oxygen atoms in total. The summed E-state index contributed by atoms with van der Waals surface area (Å²) in [7, 11) is 0. The van der Waals surface area contributed by atoms with Crippen molar-refractivity contribution in [3.05, 3.63) is 0 Å². The molecule has 0 bridgehead atoms. The van der Waals surface area contributed by atoms with Crippen molar-refractivity contribution < 1.29 is 5.11 Å². The highest BCUT2D eigenvalue weighted by Crippen LogP contribution is 2.27. The van der Waals surface area contributed by atoms with E-state index in [9.17, 15) is 5.11 Å². The Morgan fingerprint density at radius 3 is 1.90 bits per heavy atom. The molecule has 0 aromatic heterocycles. The number of rotatable bonds is 3. The van der Waals surface area contributed by atoms with Crippen molar-refractivity contribution in [1.29, 1.82) is 0 Å². The Labute approximate surface area is 77.3 Å². The molecule has 62 valence electrons. The smallest absolute Gasteiger partial charge is 0.0538 e. The lowest BCUT2D eigenvalue weighted by molar-refractivity contribution is 0.126. The van der Waals surface area contributed by atoms with Gasteiger partial charge in [-0.2, -0.15) is 0 Å². The van der Waals surface area contributed by atoms with Crippen LogP contribution in [0.5, 0.6) is 0 Å². The number of alkyl halides is 1. The van der Waals surface area contributed by atoms with Crippen LogP contribution in [0.2, 0.25) is 0 Å². The van der Waals surface area contributed by atoms with E-state index in [1.165, 1.54) is 0 Å². The van der Waals surface area contributed by atoms with Gasteiger partial charge in [-0.25, -0.2) is 0 Å². The Balaban J connectivity index is 3.68. The quantitative estimate of drug-likeness (QED) is 0.608. The van der Waals surface area contributed by atoms with Crippen LogP contribution in [-0.4, -0.2) is 14.6 Å². The third-order valence-corrected chi connectivity index (χ3v) is 2.07. The third-order valence-electron chi connectivity index (χ3n) is 1.63. The van der Waals surface area contributed by atoms with Gasteiger partial charge in [0.15, 0.2) is 0 Å². The summed E-state index contributed by atoms with van der Waals surface area (Å²) in [6, 6.07) is 0. The fourth-order valence-corrected chi connectivity index (χ4v) is 1.63. The lowest BCUT2D eigenvalue weighted by Gasteiger charge is -2.23. The second-order valence-electron chi connectivity index (χ2n) is 3.64. The van der Waals surface area contributed by atoms with E-state index >= 15 is 0 Å². The minimum Gasteiger partial charge on any atom is -0.393 e. The first-order chi connectivity index (χ1) is 4.33. The maximum atomic E-state index is 9.18. The molecule has 0 aromatic carbocycles. The highest BCUT2D eigenvalue weighted by Gasteiger charge is 2.19. The molecule has 0 aromatic rings. The summed E-state index contributed by atoms with van der Waals surface area (Å²) in [6.07, 6.45) is 0.902. The van der Waals surface area contributed by atoms with Crippen molar-refractivity contribution in [1.82, 2.24) is 0 Å². The summed E-state index contributed by atoms with van der Waals surface area (Å²) >= 11 is 2.41. The highest BCUT2D eigenvalue weighted by molar-refractivity contribution is 14.1. The zero-order valence-corrected chi connectivity index (χ0v) is 9.34. The Kier molecular flexibility index (Phi) is 4.17. The van der Waals surface area contributed by atoms with E-state index < -0.39 is 0 Å². The van der Waals surface area contributed by atoms with E-state index in [-0.39, 0.29) is 6.10 Å². The predicted molar refractivity (Wildman–Crippen MR) is 53.6 cm³/mol. The van der Waals surface area contributed by atoms with Gasteiger partial charge in [-0.3, -0.25) is 0 Å². The second kappa shape index (κ2) is 3.90. The van der Waals surface area contributed by atoms with Crippen LogP contribution in [0, 0.1) is 5.92 Å². The molecule has 2 unspecified atom stereocenters. The standard InChI is InChI=1S/C8H17IO/c1-6(7(2)10)5-8(3,4)9/h6-7,10H,5H2,1-4H3. The number of hydrogen-bond acceptors (Lipinski definition) is 1. The minimum atomic E-state index is -0.172. The van der Waals surface area contributed by atoms with Crippen LogP contribution >= 0.6 is 22.6 Å². The molecule has 0 heterocycles. The molecule has 0 fully saturated rings. The Morgan fingerprint density at radius 1 is 1.40 bits per heavy atom. The summed E-state index contributed by atoms with van der Waals surface area (Å²) in [5.74, 6) is 0.409. The van der Waals surface area contributed by atoms with Gasteiger partial charge in [0, 0.05) is 3.42 Å². The van der Waals surface area contributed by atoms with Crippen molar-refractivity contribution in [3.8, 4) is 0 Å². The van der Waals surface area contributed by atoms with Crippen LogP contribution < -0.4 is 0 Å². The number of halogens is 1. The van der Waals surface area contributed by atoms with Crippen LogP contribution in [0.1, 0.15) is 34.1 Å². The minimum absolute atomic E-state index is 0.172. The molecule has 0 saturated carbocycles. The van der Waals surface area contributed by atoms with Gasteiger partial charge in [-0.05, 0) is 19.3 Å². The van der Waals surface area contributed by atoms with Crippen LogP contribution in [0.4, 0.5) is 0 Å². The Hall–Kier alpha value is 0.690. The second-order valence-corrected chi connectivity index (χ2v) is 6.56. The normalized spacial score (nSPS) is 18.6. The predicted octanol–water partition coefficient (Wildman–Crippen LogP) is 2.61. The topological polar surface area (TPSA) is 20.2 Å². The van der Waals surface area contributed by atoms with E-state index in [2.05, 4.69) is 43.4 Å². The van der Waals surface area contributed by atoms with Crippen LogP contribution in [0.25, 0.3) is 0 Å². The molecule has 0 rings (SSSR count). The van der Waals surface area contributed by atoms with Crippen molar-refractivity contribution in [3.63, 3.8) is 0 Å². The molecule has 0 aliphatic carbocycles.